The predicted octanol–water partition coefficient (Wildman–Crippen LogP) is 5.25. The predicted molar refractivity (Wildman–Crippen MR) is 140 cm³/mol. The lowest BCUT2D eigenvalue weighted by molar-refractivity contribution is -0.156. The number of hydrogen-bond donors (Lipinski definition) is 2. The van der Waals surface area contributed by atoms with E-state index in [2.05, 4.69) is 42.6 Å². The number of Topliss-reactive ketones (excluding diaryl/α,β-unsaturated/α-hetero) is 1. The Kier molecular flexibility index (Phi) is 6.40. The van der Waals surface area contributed by atoms with Gasteiger partial charge < -0.3 is 9.84 Å². The number of nitrogens with one attached hydrogen (secondary N) is 1. The maximum absolute atomic E-state index is 12.4. The molecular weight excluding hydrogens is 476 g/mol. The number of carbonyl (C=O) groups excluding carboxylic acids is 2. The third-order valence-corrected chi connectivity index (χ3v) is 10.0. The van der Waals surface area contributed by atoms with Crippen LogP contribution < -0.4 is 10.2 Å². The van der Waals surface area contributed by atoms with Crippen LogP contribution in [-0.4, -0.2) is 34.7 Å². The van der Waals surface area contributed by atoms with Crippen LogP contribution in [0, 0.1) is 28.6 Å². The van der Waals surface area contributed by atoms with Gasteiger partial charge in [0.1, 0.15) is 11.4 Å². The van der Waals surface area contributed by atoms with Crippen molar-refractivity contribution in [1.29, 1.82) is 0 Å². The van der Waals surface area contributed by atoms with Crippen molar-refractivity contribution in [3.05, 3.63) is 53.1 Å². The minimum Gasteiger partial charge on any atom is -0.484 e. The number of rotatable bonds is 5. The van der Waals surface area contributed by atoms with Gasteiger partial charge in [0.05, 0.1) is 5.71 Å². The Morgan fingerprint density at radius 3 is 2.58 bits per heavy atom. The molecule has 0 bridgehead atoms. The first-order valence-corrected chi connectivity index (χ1v) is 13.3. The van der Waals surface area contributed by atoms with Gasteiger partial charge in [0.15, 0.2) is 12.4 Å². The Labute approximate surface area is 217 Å². The summed E-state index contributed by atoms with van der Waals surface area (Å²) in [6, 6.07) is 6.87. The van der Waals surface area contributed by atoms with Gasteiger partial charge in [-0.25, -0.2) is 5.43 Å². The van der Waals surface area contributed by atoms with Crippen LogP contribution in [0.4, 0.5) is 0 Å². The van der Waals surface area contributed by atoms with Gasteiger partial charge >= 0.3 is 0 Å². The van der Waals surface area contributed by atoms with E-state index in [1.807, 2.05) is 0 Å². The van der Waals surface area contributed by atoms with Gasteiger partial charge in [-0.3, -0.25) is 9.59 Å². The molecule has 1 aromatic carbocycles. The van der Waals surface area contributed by atoms with E-state index in [0.29, 0.717) is 34.9 Å². The molecule has 4 aliphatic carbocycles. The van der Waals surface area contributed by atoms with Crippen molar-refractivity contribution in [1.82, 2.24) is 5.43 Å². The second-order valence-electron chi connectivity index (χ2n) is 11.5. The summed E-state index contributed by atoms with van der Waals surface area (Å²) in [5.41, 5.74) is 3.20. The molecule has 0 aliphatic heterocycles. The van der Waals surface area contributed by atoms with Gasteiger partial charge in [0, 0.05) is 10.4 Å². The third kappa shape index (κ3) is 4.03. The molecule has 0 spiro atoms. The number of amides is 1. The van der Waals surface area contributed by atoms with Gasteiger partial charge in [-0.2, -0.15) is 5.10 Å². The molecular formula is C29H35ClN2O4. The fourth-order valence-electron chi connectivity index (χ4n) is 7.54. The molecule has 36 heavy (non-hydrogen) atoms. The van der Waals surface area contributed by atoms with Crippen LogP contribution in [-0.2, 0) is 9.59 Å². The van der Waals surface area contributed by atoms with E-state index in [-0.39, 0.29) is 29.1 Å². The van der Waals surface area contributed by atoms with Crippen LogP contribution in [0.15, 0.2) is 53.2 Å². The number of hydrazone groups is 1. The molecule has 0 unspecified atom stereocenters. The molecule has 2 N–H and O–H groups in total. The molecule has 0 radical (unpaired) electrons. The molecule has 0 heterocycles. The lowest BCUT2D eigenvalue weighted by Crippen LogP contribution is -2.56. The lowest BCUT2D eigenvalue weighted by Gasteiger charge is -2.57. The molecule has 1 aromatic rings. The zero-order valence-electron chi connectivity index (χ0n) is 21.2. The largest absolute Gasteiger partial charge is 0.484 e. The van der Waals surface area contributed by atoms with Crippen LogP contribution in [0.1, 0.15) is 59.3 Å². The smallest absolute Gasteiger partial charge is 0.277 e. The number of ether oxygens (including phenoxy) is 1. The minimum atomic E-state index is -1.20. The topological polar surface area (TPSA) is 88.0 Å². The first kappa shape index (κ1) is 25.2. The quantitative estimate of drug-likeness (QED) is 0.529. The molecule has 0 aromatic heterocycles. The van der Waals surface area contributed by atoms with Crippen LogP contribution in [0.25, 0.3) is 0 Å². The Hall–Kier alpha value is -2.44. The molecule has 6 atom stereocenters. The van der Waals surface area contributed by atoms with Crippen molar-refractivity contribution in [2.24, 2.45) is 33.7 Å². The van der Waals surface area contributed by atoms with E-state index >= 15 is 0 Å². The summed E-state index contributed by atoms with van der Waals surface area (Å²) < 4.78 is 5.49. The number of allylic oxidation sites excluding steroid dienone is 4. The summed E-state index contributed by atoms with van der Waals surface area (Å²) in [5, 5.41) is 16.3. The summed E-state index contributed by atoms with van der Waals surface area (Å²) in [6.45, 7) is 5.91. The summed E-state index contributed by atoms with van der Waals surface area (Å²) in [4.78, 5) is 24.7. The molecule has 2 saturated carbocycles. The minimum absolute atomic E-state index is 0.0262. The van der Waals surface area contributed by atoms with E-state index in [1.54, 1.807) is 31.2 Å². The van der Waals surface area contributed by atoms with E-state index in [9.17, 15) is 14.7 Å². The van der Waals surface area contributed by atoms with Crippen molar-refractivity contribution in [2.45, 2.75) is 64.9 Å². The average molecular weight is 511 g/mol. The first-order valence-electron chi connectivity index (χ1n) is 12.9. The summed E-state index contributed by atoms with van der Waals surface area (Å²) in [5.74, 6) is 1.33. The van der Waals surface area contributed by atoms with E-state index in [0.717, 1.165) is 37.8 Å². The molecule has 0 saturated heterocycles. The zero-order valence-corrected chi connectivity index (χ0v) is 22.0. The van der Waals surface area contributed by atoms with Gasteiger partial charge in [-0.1, -0.05) is 37.6 Å². The fourth-order valence-corrected chi connectivity index (χ4v) is 7.66. The standard InChI is InChI=1S/C29H35ClN2O4/c1-18(33)29(35)15-12-25-23-9-4-19-16-21(10-13-27(19,2)24(23)11-14-28(25,29)3)31-32-26(34)17-36-22-7-5-20(30)6-8-22/h4-9,16,23-25,35H,10-15,17H2,1-3H3,(H,32,34)/t23-,24+,25+,27+,28+,29+/m1/s1. The van der Waals surface area contributed by atoms with Crippen LogP contribution in [0.5, 0.6) is 5.75 Å². The summed E-state index contributed by atoms with van der Waals surface area (Å²) in [7, 11) is 0. The Morgan fingerprint density at radius 1 is 1.14 bits per heavy atom. The molecule has 1 amide bonds. The highest BCUT2D eigenvalue weighted by Gasteiger charge is 2.64. The Morgan fingerprint density at radius 2 is 1.86 bits per heavy atom. The number of nitrogens with zero attached hydrogens (tertiary/aromatic N) is 1. The van der Waals surface area contributed by atoms with Crippen molar-refractivity contribution < 1.29 is 19.4 Å². The summed E-state index contributed by atoms with van der Waals surface area (Å²) in [6.07, 6.45) is 11.7. The van der Waals surface area contributed by atoms with Gasteiger partial charge in [-0.05, 0) is 105 Å². The highest BCUT2D eigenvalue weighted by molar-refractivity contribution is 6.30. The molecule has 7 heteroatoms. The summed E-state index contributed by atoms with van der Waals surface area (Å²) >= 11 is 5.87. The van der Waals surface area contributed by atoms with Crippen LogP contribution >= 0.6 is 11.6 Å². The first-order chi connectivity index (χ1) is 17.1. The number of carbonyl (C=O) groups is 2. The third-order valence-electron chi connectivity index (χ3n) is 9.77. The SMILES string of the molecule is CC(=O)[C@@]1(O)CC[C@H]2[C@@H]3C=CC4=CC(=NNC(=O)COc5ccc(Cl)cc5)CC[C@]4(C)[C@H]3CC[C@@]21C. The molecule has 4 aliphatic rings. The van der Waals surface area contributed by atoms with Crippen molar-refractivity contribution in [3.63, 3.8) is 0 Å². The van der Waals surface area contributed by atoms with Crippen LogP contribution in [0.2, 0.25) is 5.02 Å². The second-order valence-corrected chi connectivity index (χ2v) is 11.9. The van der Waals surface area contributed by atoms with Crippen molar-refractivity contribution in [2.75, 3.05) is 6.61 Å². The average Bonchev–Trinajstić information content (AvgIpc) is 3.14. The fraction of sp³-hybridized carbons (Fsp3) is 0.552. The van der Waals surface area contributed by atoms with Gasteiger partial charge in [0.2, 0.25) is 0 Å². The monoisotopic (exact) mass is 510 g/mol. The second kappa shape index (κ2) is 9.14. The number of benzene rings is 1. The molecule has 6 nitrogen and oxygen atoms in total. The number of fused-ring (bicyclic) bond motifs is 5. The zero-order chi connectivity index (χ0) is 25.7. The van der Waals surface area contributed by atoms with Gasteiger partial charge in [-0.15, -0.1) is 0 Å². The number of halogens is 1. The highest BCUT2D eigenvalue weighted by atomic mass is 35.5. The Bertz CT molecular complexity index is 1160. The van der Waals surface area contributed by atoms with Crippen molar-refractivity contribution in [3.8, 4) is 5.75 Å². The number of ketones is 1. The van der Waals surface area contributed by atoms with Gasteiger partial charge in [0.25, 0.3) is 5.91 Å². The highest BCUT2D eigenvalue weighted by Crippen LogP contribution is 2.66. The number of aliphatic hydroxyl groups is 1. The molecule has 2 fully saturated rings. The van der Waals surface area contributed by atoms with Crippen molar-refractivity contribution >= 4 is 29.0 Å². The maximum Gasteiger partial charge on any atom is 0.277 e. The Balaban J connectivity index is 1.28. The lowest BCUT2D eigenvalue weighted by atomic mass is 9.48. The van der Waals surface area contributed by atoms with E-state index in [4.69, 9.17) is 16.3 Å². The van der Waals surface area contributed by atoms with E-state index < -0.39 is 5.60 Å². The normalized spacial score (nSPS) is 38.0. The van der Waals surface area contributed by atoms with Crippen LogP contribution in [0.3, 0.4) is 0 Å². The van der Waals surface area contributed by atoms with E-state index in [1.165, 1.54) is 5.57 Å². The molecule has 192 valence electrons. The molecule has 5 rings (SSSR count). The number of hydrogen-bond acceptors (Lipinski definition) is 5. The maximum atomic E-state index is 12.4.